The number of Topliss-reactive ketones (excluding diaryl/α,β-unsaturated/α-hetero) is 2. The fourth-order valence-electron chi connectivity index (χ4n) is 2.91. The largest absolute Gasteiger partial charge is 0.308 e. The van der Waals surface area contributed by atoms with Gasteiger partial charge < -0.3 is 4.72 Å². The number of ketones is 2. The van der Waals surface area contributed by atoms with Gasteiger partial charge >= 0.3 is 0 Å². The Balaban J connectivity index is 1.96. The van der Waals surface area contributed by atoms with Gasteiger partial charge in [-0.3, -0.25) is 9.59 Å². The summed E-state index contributed by atoms with van der Waals surface area (Å²) < 4.78 is 16.0. The van der Waals surface area contributed by atoms with Crippen LogP contribution in [0, 0.1) is 0 Å². The van der Waals surface area contributed by atoms with Crippen LogP contribution in [0.4, 0.5) is 5.69 Å². The normalized spacial score (nSPS) is 16.4. The first-order valence-electron chi connectivity index (χ1n) is 8.04. The van der Waals surface area contributed by atoms with Crippen molar-refractivity contribution in [3.63, 3.8) is 0 Å². The Labute approximate surface area is 148 Å². The molecule has 25 heavy (non-hydrogen) atoms. The van der Waals surface area contributed by atoms with Crippen LogP contribution in [0.25, 0.3) is 0 Å². The first-order chi connectivity index (χ1) is 11.6. The van der Waals surface area contributed by atoms with E-state index in [0.717, 1.165) is 5.56 Å². The van der Waals surface area contributed by atoms with Crippen molar-refractivity contribution >= 4 is 32.8 Å². The molecule has 1 unspecified atom stereocenters. The van der Waals surface area contributed by atoms with Crippen molar-refractivity contribution in [3.8, 4) is 0 Å². The van der Waals surface area contributed by atoms with E-state index in [1.54, 1.807) is 30.3 Å². The number of anilines is 1. The van der Waals surface area contributed by atoms with Crippen LogP contribution >= 0.6 is 0 Å². The number of rotatable bonds is 3. The highest BCUT2D eigenvalue weighted by atomic mass is 32.2. The molecular weight excluding hydrogens is 334 g/mol. The Hall–Kier alpha value is -2.40. The Bertz CT molecular complexity index is 965. The van der Waals surface area contributed by atoms with Crippen molar-refractivity contribution in [2.45, 2.75) is 37.5 Å². The minimum absolute atomic E-state index is 0.00103. The predicted octanol–water partition coefficient (Wildman–Crippen LogP) is 3.86. The number of benzene rings is 2. The predicted molar refractivity (Wildman–Crippen MR) is 102 cm³/mol. The van der Waals surface area contributed by atoms with E-state index in [0.29, 0.717) is 21.7 Å². The molecule has 0 aromatic heterocycles. The Kier molecular flexibility index (Phi) is 4.07. The number of carbonyl (C=O) groups is 2. The van der Waals surface area contributed by atoms with E-state index in [2.05, 4.69) is 31.4 Å². The van der Waals surface area contributed by atoms with Crippen LogP contribution in [0.3, 0.4) is 0 Å². The maximum absolute atomic E-state index is 13.1. The number of hydrogen-bond acceptors (Lipinski definition) is 3. The average molecular weight is 355 g/mol. The SMILES string of the molecule is C=S(=O)(Nc1cccc2c1C(=O)CC2=O)c1ccc(C(C)(C)C)cc1. The molecule has 0 heterocycles. The topological polar surface area (TPSA) is 63.2 Å². The van der Waals surface area contributed by atoms with Crippen molar-refractivity contribution in [1.29, 1.82) is 0 Å². The highest BCUT2D eigenvalue weighted by molar-refractivity contribution is 8.01. The van der Waals surface area contributed by atoms with Crippen molar-refractivity contribution in [2.24, 2.45) is 0 Å². The third-order valence-electron chi connectivity index (χ3n) is 4.34. The molecule has 1 aliphatic carbocycles. The number of fused-ring (bicyclic) bond motifs is 1. The standard InChI is InChI=1S/C20H21NO3S/c1-20(2,3)13-8-10-14(11-9-13)25(4,24)21-16-7-5-6-15-17(22)12-18(23)19(15)16/h5-11H,4,12H2,1-3H3,(H,21,24). The van der Waals surface area contributed by atoms with E-state index in [1.165, 1.54) is 0 Å². The number of hydrogen-bond donors (Lipinski definition) is 1. The lowest BCUT2D eigenvalue weighted by Gasteiger charge is -2.20. The summed E-state index contributed by atoms with van der Waals surface area (Å²) in [7, 11) is -2.85. The summed E-state index contributed by atoms with van der Waals surface area (Å²) in [6.45, 7) is 6.33. The van der Waals surface area contributed by atoms with Gasteiger partial charge in [0.2, 0.25) is 0 Å². The van der Waals surface area contributed by atoms with E-state index in [9.17, 15) is 13.8 Å². The second-order valence-electron chi connectivity index (χ2n) is 7.30. The van der Waals surface area contributed by atoms with E-state index < -0.39 is 9.71 Å². The monoisotopic (exact) mass is 355 g/mol. The van der Waals surface area contributed by atoms with Gasteiger partial charge in [-0.2, -0.15) is 0 Å². The third kappa shape index (κ3) is 3.24. The Morgan fingerprint density at radius 1 is 1.00 bits per heavy atom. The molecule has 0 saturated carbocycles. The van der Waals surface area contributed by atoms with Crippen LogP contribution < -0.4 is 4.72 Å². The zero-order valence-corrected chi connectivity index (χ0v) is 15.4. The molecule has 0 amide bonds. The molecule has 4 nitrogen and oxygen atoms in total. The van der Waals surface area contributed by atoms with Crippen LogP contribution in [0.5, 0.6) is 0 Å². The Morgan fingerprint density at radius 3 is 2.24 bits per heavy atom. The molecule has 1 N–H and O–H groups in total. The smallest absolute Gasteiger partial charge is 0.173 e. The quantitative estimate of drug-likeness (QED) is 0.672. The maximum atomic E-state index is 13.1. The lowest BCUT2D eigenvalue weighted by atomic mass is 9.87. The van der Waals surface area contributed by atoms with Gasteiger partial charge in [0.25, 0.3) is 0 Å². The van der Waals surface area contributed by atoms with Gasteiger partial charge in [-0.05, 0) is 35.0 Å². The summed E-state index contributed by atoms with van der Waals surface area (Å²) >= 11 is 0. The van der Waals surface area contributed by atoms with Crippen LogP contribution in [0.15, 0.2) is 47.4 Å². The van der Waals surface area contributed by atoms with E-state index in [-0.39, 0.29) is 23.4 Å². The van der Waals surface area contributed by atoms with Gasteiger partial charge in [0.15, 0.2) is 11.6 Å². The molecule has 0 radical (unpaired) electrons. The molecule has 0 bridgehead atoms. The van der Waals surface area contributed by atoms with Gasteiger partial charge in [-0.25, -0.2) is 4.21 Å². The van der Waals surface area contributed by atoms with E-state index >= 15 is 0 Å². The molecule has 130 valence electrons. The first kappa shape index (κ1) is 17.4. The van der Waals surface area contributed by atoms with Crippen LogP contribution in [-0.4, -0.2) is 21.6 Å². The maximum Gasteiger partial charge on any atom is 0.173 e. The van der Waals surface area contributed by atoms with Gasteiger partial charge in [-0.1, -0.05) is 45.0 Å². The lowest BCUT2D eigenvalue weighted by molar-refractivity contribution is 0.0923. The summed E-state index contributed by atoms with van der Waals surface area (Å²) in [6, 6.07) is 12.4. The van der Waals surface area contributed by atoms with Crippen LogP contribution in [-0.2, 0) is 15.1 Å². The summed E-state index contributed by atoms with van der Waals surface area (Å²) in [5.41, 5.74) is 2.23. The summed E-state index contributed by atoms with van der Waals surface area (Å²) in [6.07, 6.45) is -0.132. The Morgan fingerprint density at radius 2 is 1.64 bits per heavy atom. The molecule has 3 rings (SSSR count). The molecule has 1 atom stereocenters. The molecule has 0 aliphatic heterocycles. The lowest BCUT2D eigenvalue weighted by Crippen LogP contribution is -2.16. The summed E-state index contributed by atoms with van der Waals surface area (Å²) in [4.78, 5) is 24.5. The minimum Gasteiger partial charge on any atom is -0.308 e. The fourth-order valence-corrected chi connectivity index (χ4v) is 4.13. The molecule has 0 saturated heterocycles. The molecule has 0 fully saturated rings. The van der Waals surface area contributed by atoms with Gasteiger partial charge in [0.05, 0.1) is 27.4 Å². The van der Waals surface area contributed by atoms with Crippen LogP contribution in [0.1, 0.15) is 53.5 Å². The zero-order chi connectivity index (χ0) is 18.4. The molecule has 1 aliphatic rings. The summed E-state index contributed by atoms with van der Waals surface area (Å²) in [5.74, 6) is 3.37. The van der Waals surface area contributed by atoms with Crippen LogP contribution in [0.2, 0.25) is 0 Å². The summed E-state index contributed by atoms with van der Waals surface area (Å²) in [5, 5.41) is 0. The molecule has 5 heteroatoms. The van der Waals surface area contributed by atoms with E-state index in [1.807, 2.05) is 12.1 Å². The second kappa shape index (κ2) is 5.85. The average Bonchev–Trinajstić information content (AvgIpc) is 2.82. The third-order valence-corrected chi connectivity index (χ3v) is 5.92. The highest BCUT2D eigenvalue weighted by Gasteiger charge is 2.30. The number of carbonyl (C=O) groups excluding carboxylic acids is 2. The molecule has 2 aromatic carbocycles. The number of nitrogens with one attached hydrogen (secondary N) is 1. The zero-order valence-electron chi connectivity index (χ0n) is 14.6. The van der Waals surface area contributed by atoms with Crippen molar-refractivity contribution in [2.75, 3.05) is 4.72 Å². The van der Waals surface area contributed by atoms with Crippen molar-refractivity contribution < 1.29 is 13.8 Å². The first-order valence-corrected chi connectivity index (χ1v) is 9.77. The van der Waals surface area contributed by atoms with E-state index in [4.69, 9.17) is 0 Å². The van der Waals surface area contributed by atoms with Crippen molar-refractivity contribution in [3.05, 3.63) is 59.2 Å². The highest BCUT2D eigenvalue weighted by Crippen LogP contribution is 2.31. The van der Waals surface area contributed by atoms with Crippen molar-refractivity contribution in [1.82, 2.24) is 0 Å². The second-order valence-corrected chi connectivity index (χ2v) is 9.33. The van der Waals surface area contributed by atoms with Gasteiger partial charge in [-0.15, -0.1) is 0 Å². The van der Waals surface area contributed by atoms with Gasteiger partial charge in [0.1, 0.15) is 0 Å². The minimum atomic E-state index is -2.85. The molecule has 2 aromatic rings. The fraction of sp³-hybridized carbons (Fsp3) is 0.250. The molecule has 0 spiro atoms. The van der Waals surface area contributed by atoms with Gasteiger partial charge in [0, 0.05) is 10.5 Å². The molecular formula is C20H21NO3S.